The minimum absolute atomic E-state index is 0.0178. The summed E-state index contributed by atoms with van der Waals surface area (Å²) in [5, 5.41) is 0. The number of rotatable bonds is 19. The zero-order valence-electron chi connectivity index (χ0n) is 22.4. The maximum atomic E-state index is 12.4. The van der Waals surface area contributed by atoms with Gasteiger partial charge in [0.05, 0.1) is 11.8 Å². The molecule has 1 rings (SSSR count). The lowest BCUT2D eigenvalue weighted by atomic mass is 9.94. The van der Waals surface area contributed by atoms with Crippen molar-refractivity contribution in [2.45, 2.75) is 72.1 Å². The van der Waals surface area contributed by atoms with E-state index in [-0.39, 0.29) is 38.8 Å². The Bertz CT molecular complexity index is 834. The molecule has 0 amide bonds. The summed E-state index contributed by atoms with van der Waals surface area (Å²) in [4.78, 5) is 48.1. The molecule has 0 heterocycles. The monoisotopic (exact) mass is 518 g/mol. The third-order valence-electron chi connectivity index (χ3n) is 5.73. The highest BCUT2D eigenvalue weighted by molar-refractivity contribution is 5.87. The van der Waals surface area contributed by atoms with E-state index >= 15 is 0 Å². The molecule has 2 unspecified atom stereocenters. The molecular formula is C29H42O8. The van der Waals surface area contributed by atoms with Crippen LogP contribution in [0.5, 0.6) is 0 Å². The second-order valence-corrected chi connectivity index (χ2v) is 8.87. The van der Waals surface area contributed by atoms with Crippen LogP contribution in [0.2, 0.25) is 0 Å². The molecule has 0 aliphatic heterocycles. The molecule has 1 aromatic rings. The van der Waals surface area contributed by atoms with E-state index in [9.17, 15) is 19.2 Å². The highest BCUT2D eigenvalue weighted by Crippen LogP contribution is 2.18. The first-order valence-electron chi connectivity index (χ1n) is 13.3. The SMILES string of the molecule is CCCCCCCC(=O)OCCOC(=O)C(C)CC(CC)C(=O)OCCOC(=O)/C=C\c1ccccc1. The van der Waals surface area contributed by atoms with E-state index in [0.29, 0.717) is 12.8 Å². The van der Waals surface area contributed by atoms with Gasteiger partial charge in [-0.1, -0.05) is 76.8 Å². The Labute approximate surface area is 220 Å². The van der Waals surface area contributed by atoms with Gasteiger partial charge < -0.3 is 18.9 Å². The molecule has 0 spiro atoms. The topological polar surface area (TPSA) is 105 Å². The van der Waals surface area contributed by atoms with Crippen molar-refractivity contribution in [3.8, 4) is 0 Å². The summed E-state index contributed by atoms with van der Waals surface area (Å²) in [5.74, 6) is -2.73. The summed E-state index contributed by atoms with van der Waals surface area (Å²) in [6.07, 6.45) is 9.34. The van der Waals surface area contributed by atoms with Crippen molar-refractivity contribution in [3.63, 3.8) is 0 Å². The average Bonchev–Trinajstić information content (AvgIpc) is 2.90. The van der Waals surface area contributed by atoms with Crippen LogP contribution in [-0.2, 0) is 38.1 Å². The van der Waals surface area contributed by atoms with Crippen LogP contribution >= 0.6 is 0 Å². The number of carbonyl (C=O) groups is 4. The Morgan fingerprint density at radius 1 is 0.784 bits per heavy atom. The van der Waals surface area contributed by atoms with Gasteiger partial charge in [0.1, 0.15) is 26.4 Å². The summed E-state index contributed by atoms with van der Waals surface area (Å²) < 4.78 is 20.5. The fourth-order valence-electron chi connectivity index (χ4n) is 3.52. The Balaban J connectivity index is 2.21. The van der Waals surface area contributed by atoms with Crippen molar-refractivity contribution in [3.05, 3.63) is 42.0 Å². The van der Waals surface area contributed by atoms with E-state index in [2.05, 4.69) is 6.92 Å². The molecule has 206 valence electrons. The fourth-order valence-corrected chi connectivity index (χ4v) is 3.52. The van der Waals surface area contributed by atoms with E-state index in [1.54, 1.807) is 13.0 Å². The molecule has 2 atom stereocenters. The van der Waals surface area contributed by atoms with Crippen molar-refractivity contribution in [2.75, 3.05) is 26.4 Å². The van der Waals surface area contributed by atoms with Crippen molar-refractivity contribution >= 4 is 30.0 Å². The minimum Gasteiger partial charge on any atom is -0.462 e. The molecule has 0 fully saturated rings. The maximum absolute atomic E-state index is 12.4. The predicted octanol–water partition coefficient (Wildman–Crippen LogP) is 5.29. The summed E-state index contributed by atoms with van der Waals surface area (Å²) in [6.45, 7) is 5.53. The number of benzene rings is 1. The van der Waals surface area contributed by atoms with Crippen molar-refractivity contribution < 1.29 is 38.1 Å². The van der Waals surface area contributed by atoms with Gasteiger partial charge in [-0.2, -0.15) is 0 Å². The zero-order chi connectivity index (χ0) is 27.3. The van der Waals surface area contributed by atoms with Crippen LogP contribution in [0.3, 0.4) is 0 Å². The third kappa shape index (κ3) is 15.5. The van der Waals surface area contributed by atoms with E-state index < -0.39 is 29.7 Å². The molecular weight excluding hydrogens is 476 g/mol. The first-order chi connectivity index (χ1) is 17.9. The van der Waals surface area contributed by atoms with Crippen LogP contribution in [0.1, 0.15) is 77.7 Å². The maximum Gasteiger partial charge on any atom is 0.330 e. The van der Waals surface area contributed by atoms with E-state index in [4.69, 9.17) is 18.9 Å². The summed E-state index contributed by atoms with van der Waals surface area (Å²) >= 11 is 0. The normalized spacial score (nSPS) is 12.5. The molecule has 0 aromatic heterocycles. The molecule has 37 heavy (non-hydrogen) atoms. The lowest BCUT2D eigenvalue weighted by Gasteiger charge is -2.18. The largest absolute Gasteiger partial charge is 0.462 e. The van der Waals surface area contributed by atoms with Gasteiger partial charge in [0.2, 0.25) is 0 Å². The Morgan fingerprint density at radius 3 is 2.08 bits per heavy atom. The molecule has 8 heteroatoms. The lowest BCUT2D eigenvalue weighted by molar-refractivity contribution is -0.157. The van der Waals surface area contributed by atoms with Gasteiger partial charge in [-0.3, -0.25) is 14.4 Å². The Hall–Kier alpha value is -3.16. The Morgan fingerprint density at radius 2 is 1.41 bits per heavy atom. The zero-order valence-corrected chi connectivity index (χ0v) is 22.4. The lowest BCUT2D eigenvalue weighted by Crippen LogP contribution is -2.26. The molecule has 0 N–H and O–H groups in total. The van der Waals surface area contributed by atoms with Crippen molar-refractivity contribution in [2.24, 2.45) is 11.8 Å². The number of carbonyl (C=O) groups excluding carboxylic acids is 4. The molecule has 0 aliphatic carbocycles. The standard InChI is InChI=1S/C29H42O8/c1-4-6-7-8-12-15-26(30)34-18-20-36-28(32)23(3)22-25(5-2)29(33)37-21-19-35-27(31)17-16-24-13-10-9-11-14-24/h9-11,13-14,16-17,23,25H,4-8,12,15,18-22H2,1-3H3/b17-16-. The van der Waals surface area contributed by atoms with E-state index in [1.165, 1.54) is 12.5 Å². The molecule has 1 aromatic carbocycles. The second-order valence-electron chi connectivity index (χ2n) is 8.87. The smallest absolute Gasteiger partial charge is 0.330 e. The molecule has 8 nitrogen and oxygen atoms in total. The first kappa shape index (κ1) is 31.9. The highest BCUT2D eigenvalue weighted by Gasteiger charge is 2.25. The minimum atomic E-state index is -0.527. The summed E-state index contributed by atoms with van der Waals surface area (Å²) in [6, 6.07) is 9.33. The van der Waals surface area contributed by atoms with Gasteiger partial charge in [-0.25, -0.2) is 4.79 Å². The van der Waals surface area contributed by atoms with Crippen LogP contribution in [0, 0.1) is 11.8 Å². The van der Waals surface area contributed by atoms with Crippen LogP contribution in [0.25, 0.3) is 6.08 Å². The van der Waals surface area contributed by atoms with Crippen LogP contribution in [0.4, 0.5) is 0 Å². The average molecular weight is 519 g/mol. The van der Waals surface area contributed by atoms with Crippen LogP contribution in [-0.4, -0.2) is 50.3 Å². The van der Waals surface area contributed by atoms with Gasteiger partial charge in [-0.05, 0) is 30.9 Å². The van der Waals surface area contributed by atoms with E-state index in [1.807, 2.05) is 37.3 Å². The molecule has 0 radical (unpaired) electrons. The number of unbranched alkanes of at least 4 members (excludes halogenated alkanes) is 4. The molecule has 0 saturated heterocycles. The highest BCUT2D eigenvalue weighted by atomic mass is 16.6. The van der Waals surface area contributed by atoms with E-state index in [0.717, 1.165) is 31.2 Å². The summed E-state index contributed by atoms with van der Waals surface area (Å²) in [5.41, 5.74) is 0.874. The van der Waals surface area contributed by atoms with Crippen LogP contribution in [0.15, 0.2) is 36.4 Å². The molecule has 0 saturated carbocycles. The number of ether oxygens (including phenoxy) is 4. The number of hydrogen-bond acceptors (Lipinski definition) is 8. The first-order valence-corrected chi connectivity index (χ1v) is 13.3. The summed E-state index contributed by atoms with van der Waals surface area (Å²) in [7, 11) is 0. The van der Waals surface area contributed by atoms with Gasteiger partial charge in [-0.15, -0.1) is 0 Å². The van der Waals surface area contributed by atoms with Crippen molar-refractivity contribution in [1.82, 2.24) is 0 Å². The molecule has 0 bridgehead atoms. The van der Waals surface area contributed by atoms with Gasteiger partial charge in [0, 0.05) is 12.5 Å². The number of esters is 4. The number of hydrogen-bond donors (Lipinski definition) is 0. The van der Waals surface area contributed by atoms with Crippen molar-refractivity contribution in [1.29, 1.82) is 0 Å². The van der Waals surface area contributed by atoms with Gasteiger partial charge in [0.25, 0.3) is 0 Å². The van der Waals surface area contributed by atoms with Crippen LogP contribution < -0.4 is 0 Å². The predicted molar refractivity (Wildman–Crippen MR) is 140 cm³/mol. The van der Waals surface area contributed by atoms with Gasteiger partial charge in [0.15, 0.2) is 0 Å². The third-order valence-corrected chi connectivity index (χ3v) is 5.73. The second kappa shape index (κ2) is 20.0. The quantitative estimate of drug-likeness (QED) is 0.105. The Kier molecular flexibility index (Phi) is 17.2. The molecule has 0 aliphatic rings. The fraction of sp³-hybridized carbons (Fsp3) is 0.586. The van der Waals surface area contributed by atoms with Gasteiger partial charge >= 0.3 is 23.9 Å².